The van der Waals surface area contributed by atoms with Crippen LogP contribution in [0, 0.1) is 0 Å². The van der Waals surface area contributed by atoms with Gasteiger partial charge in [-0.3, -0.25) is 0 Å². The van der Waals surface area contributed by atoms with Gasteiger partial charge in [0, 0.05) is 17.1 Å². The van der Waals surface area contributed by atoms with E-state index in [9.17, 15) is 4.79 Å². The van der Waals surface area contributed by atoms with Gasteiger partial charge in [-0.25, -0.2) is 4.79 Å². The van der Waals surface area contributed by atoms with Crippen LogP contribution in [0.2, 0.25) is 0 Å². The number of esters is 1. The standard InChI is InChI=1S/C20H24O4/c1-6-23-19(21)13-11-14-15(10-12(13)2)20(3,4)24-17-9-7-8-16(22-5)18(14)17/h7-10,14H,6,11H2,1-5H3. The number of hydrogen-bond acceptors (Lipinski definition) is 4. The van der Waals surface area contributed by atoms with E-state index in [1.807, 2.05) is 32.0 Å². The second-order valence-corrected chi connectivity index (χ2v) is 6.72. The Labute approximate surface area is 143 Å². The third-order valence-corrected chi connectivity index (χ3v) is 4.81. The SMILES string of the molecule is CCOC(=O)C1=C(C)C=C2C(C1)c1c(OC)cccc1OC2(C)C. The Balaban J connectivity index is 2.14. The molecule has 1 atom stereocenters. The van der Waals surface area contributed by atoms with E-state index in [1.165, 1.54) is 5.57 Å². The van der Waals surface area contributed by atoms with Gasteiger partial charge in [0.1, 0.15) is 17.1 Å². The van der Waals surface area contributed by atoms with Crippen LogP contribution in [0.4, 0.5) is 0 Å². The van der Waals surface area contributed by atoms with E-state index >= 15 is 0 Å². The number of allylic oxidation sites excluding steroid dienone is 2. The summed E-state index contributed by atoms with van der Waals surface area (Å²) in [6.45, 7) is 8.30. The molecular formula is C20H24O4. The van der Waals surface area contributed by atoms with Gasteiger partial charge < -0.3 is 14.2 Å². The molecule has 0 radical (unpaired) electrons. The van der Waals surface area contributed by atoms with Gasteiger partial charge in [0.15, 0.2) is 0 Å². The molecule has 3 rings (SSSR count). The Kier molecular flexibility index (Phi) is 4.16. The lowest BCUT2D eigenvalue weighted by atomic mass is 9.71. The highest BCUT2D eigenvalue weighted by molar-refractivity contribution is 5.91. The fourth-order valence-corrected chi connectivity index (χ4v) is 3.68. The van der Waals surface area contributed by atoms with Gasteiger partial charge in [0.2, 0.25) is 0 Å². The first kappa shape index (κ1) is 16.6. The molecule has 4 nitrogen and oxygen atoms in total. The summed E-state index contributed by atoms with van der Waals surface area (Å²) in [5, 5.41) is 0. The average molecular weight is 328 g/mol. The highest BCUT2D eigenvalue weighted by Gasteiger charge is 2.43. The first-order chi connectivity index (χ1) is 11.4. The van der Waals surface area contributed by atoms with Crippen LogP contribution in [0.3, 0.4) is 0 Å². The lowest BCUT2D eigenvalue weighted by Crippen LogP contribution is -2.39. The molecule has 1 aromatic rings. The maximum absolute atomic E-state index is 12.3. The number of rotatable bonds is 3. The second kappa shape index (κ2) is 6.00. The molecule has 4 heteroatoms. The summed E-state index contributed by atoms with van der Waals surface area (Å²) >= 11 is 0. The van der Waals surface area contributed by atoms with Crippen molar-refractivity contribution in [2.45, 2.75) is 45.6 Å². The minimum atomic E-state index is -0.425. The van der Waals surface area contributed by atoms with Crippen LogP contribution >= 0.6 is 0 Å². The molecule has 0 bridgehead atoms. The second-order valence-electron chi connectivity index (χ2n) is 6.72. The Morgan fingerprint density at radius 3 is 2.79 bits per heavy atom. The summed E-state index contributed by atoms with van der Waals surface area (Å²) in [4.78, 5) is 12.3. The summed E-state index contributed by atoms with van der Waals surface area (Å²) < 4.78 is 17.0. The number of methoxy groups -OCH3 is 1. The van der Waals surface area contributed by atoms with Crippen molar-refractivity contribution in [1.29, 1.82) is 0 Å². The van der Waals surface area contributed by atoms with E-state index in [-0.39, 0.29) is 11.9 Å². The Hall–Kier alpha value is -2.23. The van der Waals surface area contributed by atoms with E-state index in [0.29, 0.717) is 13.0 Å². The summed E-state index contributed by atoms with van der Waals surface area (Å²) in [5.41, 5.74) is 3.45. The summed E-state index contributed by atoms with van der Waals surface area (Å²) in [6.07, 6.45) is 2.69. The van der Waals surface area contributed by atoms with Crippen molar-refractivity contribution in [2.24, 2.45) is 0 Å². The predicted octanol–water partition coefficient (Wildman–Crippen LogP) is 4.16. The smallest absolute Gasteiger partial charge is 0.334 e. The van der Waals surface area contributed by atoms with Crippen LogP contribution in [-0.4, -0.2) is 25.3 Å². The Morgan fingerprint density at radius 2 is 2.12 bits per heavy atom. The van der Waals surface area contributed by atoms with Gasteiger partial charge in [-0.2, -0.15) is 0 Å². The van der Waals surface area contributed by atoms with Crippen molar-refractivity contribution in [3.63, 3.8) is 0 Å². The molecule has 0 N–H and O–H groups in total. The molecular weight excluding hydrogens is 304 g/mol. The van der Waals surface area contributed by atoms with E-state index in [4.69, 9.17) is 14.2 Å². The zero-order chi connectivity index (χ0) is 17.5. The van der Waals surface area contributed by atoms with Gasteiger partial charge in [-0.1, -0.05) is 12.1 Å². The molecule has 128 valence electrons. The van der Waals surface area contributed by atoms with Crippen molar-refractivity contribution in [3.8, 4) is 11.5 Å². The van der Waals surface area contributed by atoms with E-state index in [0.717, 1.165) is 28.2 Å². The minimum absolute atomic E-state index is 0.0583. The molecule has 1 unspecified atom stereocenters. The number of benzene rings is 1. The molecule has 1 aromatic carbocycles. The number of hydrogen-bond donors (Lipinski definition) is 0. The Morgan fingerprint density at radius 1 is 1.38 bits per heavy atom. The van der Waals surface area contributed by atoms with Crippen LogP contribution < -0.4 is 9.47 Å². The zero-order valence-corrected chi connectivity index (χ0v) is 14.9. The molecule has 2 aliphatic rings. The number of fused-ring (bicyclic) bond motifs is 3. The fraction of sp³-hybridized carbons (Fsp3) is 0.450. The first-order valence-electron chi connectivity index (χ1n) is 8.34. The number of carbonyl (C=O) groups excluding carboxylic acids is 1. The van der Waals surface area contributed by atoms with Gasteiger partial charge >= 0.3 is 5.97 Å². The maximum Gasteiger partial charge on any atom is 0.334 e. The lowest BCUT2D eigenvalue weighted by Gasteiger charge is -2.43. The van der Waals surface area contributed by atoms with E-state index < -0.39 is 5.60 Å². The molecule has 0 amide bonds. The maximum atomic E-state index is 12.3. The van der Waals surface area contributed by atoms with Crippen molar-refractivity contribution < 1.29 is 19.0 Å². The predicted molar refractivity (Wildman–Crippen MR) is 92.5 cm³/mol. The molecule has 0 aromatic heterocycles. The fourth-order valence-electron chi connectivity index (χ4n) is 3.68. The van der Waals surface area contributed by atoms with Gasteiger partial charge in [0.05, 0.1) is 13.7 Å². The minimum Gasteiger partial charge on any atom is -0.496 e. The molecule has 0 spiro atoms. The van der Waals surface area contributed by atoms with Gasteiger partial charge in [-0.05, 0) is 57.4 Å². The van der Waals surface area contributed by atoms with Crippen LogP contribution in [0.15, 0.2) is 41.0 Å². The van der Waals surface area contributed by atoms with Gasteiger partial charge in [-0.15, -0.1) is 0 Å². The molecule has 0 saturated heterocycles. The Bertz CT molecular complexity index is 740. The molecule has 1 heterocycles. The topological polar surface area (TPSA) is 44.8 Å². The zero-order valence-electron chi connectivity index (χ0n) is 14.9. The number of ether oxygens (including phenoxy) is 3. The molecule has 24 heavy (non-hydrogen) atoms. The largest absolute Gasteiger partial charge is 0.496 e. The normalized spacial score (nSPS) is 21.2. The highest BCUT2D eigenvalue weighted by atomic mass is 16.5. The van der Waals surface area contributed by atoms with Crippen molar-refractivity contribution in [1.82, 2.24) is 0 Å². The van der Waals surface area contributed by atoms with Crippen molar-refractivity contribution in [3.05, 3.63) is 46.6 Å². The highest BCUT2D eigenvalue weighted by Crippen LogP contribution is 2.52. The lowest BCUT2D eigenvalue weighted by molar-refractivity contribution is -0.138. The van der Waals surface area contributed by atoms with E-state index in [2.05, 4.69) is 19.9 Å². The van der Waals surface area contributed by atoms with Crippen molar-refractivity contribution in [2.75, 3.05) is 13.7 Å². The molecule has 1 aliphatic heterocycles. The van der Waals surface area contributed by atoms with Crippen LogP contribution in [0.5, 0.6) is 11.5 Å². The van der Waals surface area contributed by atoms with Gasteiger partial charge in [0.25, 0.3) is 0 Å². The van der Waals surface area contributed by atoms with E-state index in [1.54, 1.807) is 7.11 Å². The number of carbonyl (C=O) groups is 1. The third kappa shape index (κ3) is 2.60. The quantitative estimate of drug-likeness (QED) is 0.782. The van der Waals surface area contributed by atoms with Crippen LogP contribution in [0.1, 0.15) is 45.6 Å². The molecule has 1 aliphatic carbocycles. The van der Waals surface area contributed by atoms with Crippen LogP contribution in [-0.2, 0) is 9.53 Å². The summed E-state index contributed by atoms with van der Waals surface area (Å²) in [6, 6.07) is 5.83. The van der Waals surface area contributed by atoms with Crippen LogP contribution in [0.25, 0.3) is 0 Å². The monoisotopic (exact) mass is 328 g/mol. The average Bonchev–Trinajstić information content (AvgIpc) is 2.53. The summed E-state index contributed by atoms with van der Waals surface area (Å²) in [5.74, 6) is 1.44. The summed E-state index contributed by atoms with van der Waals surface area (Å²) in [7, 11) is 1.66. The first-order valence-corrected chi connectivity index (χ1v) is 8.34. The van der Waals surface area contributed by atoms with Crippen molar-refractivity contribution >= 4 is 5.97 Å². The molecule has 0 saturated carbocycles. The molecule has 0 fully saturated rings. The third-order valence-electron chi connectivity index (χ3n) is 4.81.